The zero-order chi connectivity index (χ0) is 14.4. The molecule has 0 heterocycles. The Balaban J connectivity index is 1.97. The zero-order valence-electron chi connectivity index (χ0n) is 11.7. The summed E-state index contributed by atoms with van der Waals surface area (Å²) in [5, 5.41) is 5.00. The van der Waals surface area contributed by atoms with E-state index in [1.165, 1.54) is 34.0 Å². The first kappa shape index (κ1) is 12.2. The van der Waals surface area contributed by atoms with E-state index in [9.17, 15) is 4.79 Å². The number of hydrogen-bond donors (Lipinski definition) is 0. The number of ether oxygens (including phenoxy) is 1. The molecule has 2 nitrogen and oxygen atoms in total. The summed E-state index contributed by atoms with van der Waals surface area (Å²) in [6, 6.07) is 16.9. The fourth-order valence-electron chi connectivity index (χ4n) is 3.16. The summed E-state index contributed by atoms with van der Waals surface area (Å²) in [7, 11) is 0. The van der Waals surface area contributed by atoms with E-state index in [4.69, 9.17) is 4.74 Å². The molecule has 3 aromatic rings. The highest BCUT2D eigenvalue weighted by Gasteiger charge is 2.19. The van der Waals surface area contributed by atoms with E-state index < -0.39 is 0 Å². The number of rotatable bonds is 1. The van der Waals surface area contributed by atoms with Gasteiger partial charge in [-0.05, 0) is 39.6 Å². The Morgan fingerprint density at radius 3 is 2.62 bits per heavy atom. The first-order valence-electron chi connectivity index (χ1n) is 7.06. The van der Waals surface area contributed by atoms with Gasteiger partial charge < -0.3 is 4.74 Å². The van der Waals surface area contributed by atoms with E-state index in [1.807, 2.05) is 6.08 Å². The number of fused-ring (bicyclic) bond motifs is 5. The highest BCUT2D eigenvalue weighted by atomic mass is 16.5. The molecule has 0 aliphatic heterocycles. The molecule has 0 amide bonds. The summed E-state index contributed by atoms with van der Waals surface area (Å²) < 4.78 is 5.30. The van der Waals surface area contributed by atoms with E-state index >= 15 is 0 Å². The molecule has 0 atom stereocenters. The number of carbonyl (C=O) groups is 1. The molecule has 102 valence electrons. The van der Waals surface area contributed by atoms with Crippen LogP contribution in [0.4, 0.5) is 0 Å². The third-order valence-electron chi connectivity index (χ3n) is 4.05. The number of benzene rings is 3. The van der Waals surface area contributed by atoms with Gasteiger partial charge in [0.15, 0.2) is 0 Å². The van der Waals surface area contributed by atoms with Crippen LogP contribution in [0.15, 0.2) is 54.6 Å². The number of hydrogen-bond acceptors (Lipinski definition) is 2. The molecule has 2 heteroatoms. The minimum atomic E-state index is -0.271. The second-order valence-electron chi connectivity index (χ2n) is 5.34. The minimum absolute atomic E-state index is 0.271. The molecule has 0 spiro atoms. The van der Waals surface area contributed by atoms with Crippen LogP contribution in [0.25, 0.3) is 27.3 Å². The third-order valence-corrected chi connectivity index (χ3v) is 4.05. The average Bonchev–Trinajstić information content (AvgIpc) is 2.89. The van der Waals surface area contributed by atoms with Crippen LogP contribution in [-0.4, -0.2) is 5.97 Å². The number of allylic oxidation sites excluding steroid dienone is 1. The van der Waals surface area contributed by atoms with E-state index in [1.54, 1.807) is 0 Å². The Morgan fingerprint density at radius 2 is 1.76 bits per heavy atom. The van der Waals surface area contributed by atoms with Gasteiger partial charge in [0, 0.05) is 12.5 Å². The van der Waals surface area contributed by atoms with Gasteiger partial charge in [-0.15, -0.1) is 0 Å². The first-order chi connectivity index (χ1) is 10.2. The maximum Gasteiger partial charge on any atom is 0.308 e. The molecule has 0 fully saturated rings. The SMILES string of the molecule is CC(=O)OC1=CCc2c1ccc1c2ccc2ccccc21. The largest absolute Gasteiger partial charge is 0.426 e. The Hall–Kier alpha value is -2.61. The molecule has 21 heavy (non-hydrogen) atoms. The van der Waals surface area contributed by atoms with Crippen LogP contribution in [0.5, 0.6) is 0 Å². The van der Waals surface area contributed by atoms with Gasteiger partial charge in [-0.25, -0.2) is 0 Å². The van der Waals surface area contributed by atoms with Crippen molar-refractivity contribution in [2.45, 2.75) is 13.3 Å². The Kier molecular flexibility index (Phi) is 2.58. The lowest BCUT2D eigenvalue weighted by Gasteiger charge is -2.10. The number of esters is 1. The van der Waals surface area contributed by atoms with Crippen molar-refractivity contribution in [3.63, 3.8) is 0 Å². The molecule has 0 saturated carbocycles. The van der Waals surface area contributed by atoms with Gasteiger partial charge in [-0.1, -0.05) is 48.5 Å². The molecule has 0 aromatic heterocycles. The molecule has 0 saturated heterocycles. The zero-order valence-corrected chi connectivity index (χ0v) is 11.7. The van der Waals surface area contributed by atoms with Gasteiger partial charge in [-0.3, -0.25) is 4.79 Å². The van der Waals surface area contributed by atoms with E-state index in [0.29, 0.717) is 5.76 Å². The standard InChI is InChI=1S/C19H14O2/c1-12(20)21-19-11-10-17-16-7-6-13-4-2-3-5-14(13)15(16)8-9-18(17)19/h2-9,11H,10H2,1H3. The van der Waals surface area contributed by atoms with Crippen LogP contribution in [0, 0.1) is 0 Å². The Labute approximate surface area is 122 Å². The van der Waals surface area contributed by atoms with E-state index in [2.05, 4.69) is 48.5 Å². The predicted octanol–water partition coefficient (Wildman–Crippen LogP) is 4.45. The van der Waals surface area contributed by atoms with Crippen molar-refractivity contribution in [2.24, 2.45) is 0 Å². The molecule has 3 aromatic carbocycles. The first-order valence-corrected chi connectivity index (χ1v) is 7.06. The summed E-state index contributed by atoms with van der Waals surface area (Å²) >= 11 is 0. The highest BCUT2D eigenvalue weighted by Crippen LogP contribution is 2.36. The van der Waals surface area contributed by atoms with Crippen LogP contribution in [0.3, 0.4) is 0 Å². The second-order valence-corrected chi connectivity index (χ2v) is 5.34. The number of carbonyl (C=O) groups excluding carboxylic acids is 1. The maximum absolute atomic E-state index is 11.2. The summed E-state index contributed by atoms with van der Waals surface area (Å²) in [5.41, 5.74) is 2.28. The van der Waals surface area contributed by atoms with Crippen molar-refractivity contribution in [1.82, 2.24) is 0 Å². The van der Waals surface area contributed by atoms with Gasteiger partial charge in [0.2, 0.25) is 0 Å². The topological polar surface area (TPSA) is 26.3 Å². The Morgan fingerprint density at radius 1 is 0.952 bits per heavy atom. The van der Waals surface area contributed by atoms with Crippen LogP contribution < -0.4 is 0 Å². The molecule has 0 radical (unpaired) electrons. The van der Waals surface area contributed by atoms with E-state index in [-0.39, 0.29) is 5.97 Å². The molecular formula is C19H14O2. The monoisotopic (exact) mass is 274 g/mol. The summed E-state index contributed by atoms with van der Waals surface area (Å²) in [6.07, 6.45) is 2.80. The van der Waals surface area contributed by atoms with Gasteiger partial charge in [0.1, 0.15) is 5.76 Å². The van der Waals surface area contributed by atoms with Crippen LogP contribution in [0.1, 0.15) is 18.1 Å². The van der Waals surface area contributed by atoms with E-state index in [0.717, 1.165) is 12.0 Å². The van der Waals surface area contributed by atoms with Crippen molar-refractivity contribution in [3.8, 4) is 0 Å². The molecule has 0 unspecified atom stereocenters. The predicted molar refractivity (Wildman–Crippen MR) is 84.9 cm³/mol. The van der Waals surface area contributed by atoms with Crippen molar-refractivity contribution < 1.29 is 9.53 Å². The molecule has 1 aliphatic carbocycles. The van der Waals surface area contributed by atoms with Gasteiger partial charge in [-0.2, -0.15) is 0 Å². The molecule has 0 bridgehead atoms. The average molecular weight is 274 g/mol. The van der Waals surface area contributed by atoms with Crippen molar-refractivity contribution in [1.29, 1.82) is 0 Å². The summed E-state index contributed by atoms with van der Waals surface area (Å²) in [5.74, 6) is 0.417. The maximum atomic E-state index is 11.2. The van der Waals surface area contributed by atoms with Gasteiger partial charge in [0.05, 0.1) is 0 Å². The lowest BCUT2D eigenvalue weighted by atomic mass is 9.96. The summed E-state index contributed by atoms with van der Waals surface area (Å²) in [6.45, 7) is 1.44. The summed E-state index contributed by atoms with van der Waals surface area (Å²) in [4.78, 5) is 11.2. The van der Waals surface area contributed by atoms with Crippen molar-refractivity contribution in [2.75, 3.05) is 0 Å². The normalized spacial score (nSPS) is 13.3. The van der Waals surface area contributed by atoms with Gasteiger partial charge in [0.25, 0.3) is 0 Å². The smallest absolute Gasteiger partial charge is 0.308 e. The fraction of sp³-hybridized carbons (Fsp3) is 0.105. The fourth-order valence-corrected chi connectivity index (χ4v) is 3.16. The Bertz CT molecular complexity index is 919. The molecule has 0 N–H and O–H groups in total. The molecule has 1 aliphatic rings. The second kappa shape index (κ2) is 4.45. The molecular weight excluding hydrogens is 260 g/mol. The van der Waals surface area contributed by atoms with Crippen LogP contribution >= 0.6 is 0 Å². The van der Waals surface area contributed by atoms with Crippen molar-refractivity contribution >= 4 is 33.3 Å². The molecule has 4 rings (SSSR count). The van der Waals surface area contributed by atoms with Crippen LogP contribution in [0.2, 0.25) is 0 Å². The third kappa shape index (κ3) is 1.83. The quantitative estimate of drug-likeness (QED) is 0.484. The van der Waals surface area contributed by atoms with Crippen molar-refractivity contribution in [3.05, 3.63) is 65.7 Å². The lowest BCUT2D eigenvalue weighted by molar-refractivity contribution is -0.134. The highest BCUT2D eigenvalue weighted by molar-refractivity contribution is 6.09. The minimum Gasteiger partial charge on any atom is -0.426 e. The lowest BCUT2D eigenvalue weighted by Crippen LogP contribution is -1.97. The van der Waals surface area contributed by atoms with Crippen LogP contribution in [-0.2, 0) is 16.0 Å². The van der Waals surface area contributed by atoms with Gasteiger partial charge >= 0.3 is 5.97 Å².